The molecule has 0 aliphatic rings. The maximum atomic E-state index is 11.6. The van der Waals surface area contributed by atoms with Gasteiger partial charge in [0.15, 0.2) is 0 Å². The number of rotatable bonds is 9. The number of carbonyl (C=O) groups is 1. The summed E-state index contributed by atoms with van der Waals surface area (Å²) in [6, 6.07) is 0. The average molecular weight is 260 g/mol. The summed E-state index contributed by atoms with van der Waals surface area (Å²) in [5.41, 5.74) is 0.579. The van der Waals surface area contributed by atoms with Crippen LogP contribution < -0.4 is 0 Å². The van der Waals surface area contributed by atoms with Crippen LogP contribution in [0.3, 0.4) is 0 Å². The predicted molar refractivity (Wildman–Crippen MR) is 68.1 cm³/mol. The monoisotopic (exact) mass is 260 g/mol. The first-order valence-corrected chi connectivity index (χ1v) is 6.31. The van der Waals surface area contributed by atoms with Crippen molar-refractivity contribution in [2.24, 2.45) is 5.92 Å². The van der Waals surface area contributed by atoms with E-state index in [1.807, 2.05) is 0 Å². The van der Waals surface area contributed by atoms with Gasteiger partial charge in [-0.25, -0.2) is 0 Å². The summed E-state index contributed by atoms with van der Waals surface area (Å²) in [5, 5.41) is 27.0. The van der Waals surface area contributed by atoms with Crippen LogP contribution in [-0.2, 0) is 9.53 Å². The van der Waals surface area contributed by atoms with Crippen LogP contribution in [0, 0.1) is 5.92 Å². The van der Waals surface area contributed by atoms with Crippen LogP contribution in [0.2, 0.25) is 0 Å². The molecule has 0 aromatic rings. The molecule has 0 heterocycles. The Bertz CT molecular complexity index is 273. The zero-order chi connectivity index (χ0) is 14.0. The number of aliphatic hydroxyl groups is 3. The maximum Gasteiger partial charge on any atom is 0.312 e. The highest BCUT2D eigenvalue weighted by Gasteiger charge is 2.19. The second-order valence-electron chi connectivity index (χ2n) is 4.28. The van der Waals surface area contributed by atoms with Crippen molar-refractivity contribution in [2.75, 3.05) is 19.8 Å². The van der Waals surface area contributed by atoms with E-state index in [1.54, 1.807) is 13.8 Å². The highest BCUT2D eigenvalue weighted by Crippen LogP contribution is 2.18. The number of allylic oxidation sites excluding steroid dienone is 1. The first-order valence-electron chi connectivity index (χ1n) is 6.31. The Labute approximate surface area is 108 Å². The van der Waals surface area contributed by atoms with Crippen LogP contribution in [0.4, 0.5) is 0 Å². The predicted octanol–water partition coefficient (Wildman–Crippen LogP) is 1.54. The molecule has 0 rings (SSSR count). The molecular formula is C13H24O5. The highest BCUT2D eigenvalue weighted by molar-refractivity contribution is 5.75. The average Bonchev–Trinajstić information content (AvgIpc) is 2.38. The van der Waals surface area contributed by atoms with E-state index in [1.165, 1.54) is 0 Å². The molecule has 0 bridgehead atoms. The van der Waals surface area contributed by atoms with Gasteiger partial charge in [0.25, 0.3) is 0 Å². The molecule has 1 atom stereocenters. The van der Waals surface area contributed by atoms with Crippen LogP contribution >= 0.6 is 0 Å². The van der Waals surface area contributed by atoms with E-state index >= 15 is 0 Å². The van der Waals surface area contributed by atoms with Crippen molar-refractivity contribution in [3.8, 4) is 0 Å². The molecule has 0 amide bonds. The zero-order valence-electron chi connectivity index (χ0n) is 11.2. The number of carbonyl (C=O) groups excluding carboxylic acids is 1. The van der Waals surface area contributed by atoms with Gasteiger partial charge in [-0.15, -0.1) is 0 Å². The minimum atomic E-state index is -0.488. The Hall–Kier alpha value is -1.07. The minimum Gasteiger partial charge on any atom is -0.512 e. The summed E-state index contributed by atoms with van der Waals surface area (Å²) in [5.74, 6) is -0.720. The van der Waals surface area contributed by atoms with Gasteiger partial charge in [-0.2, -0.15) is 0 Å². The summed E-state index contributed by atoms with van der Waals surface area (Å²) in [4.78, 5) is 11.6. The Morgan fingerprint density at radius 2 is 1.78 bits per heavy atom. The van der Waals surface area contributed by atoms with Crippen molar-refractivity contribution >= 4 is 5.97 Å². The number of esters is 1. The van der Waals surface area contributed by atoms with E-state index in [2.05, 4.69) is 0 Å². The van der Waals surface area contributed by atoms with Crippen molar-refractivity contribution in [1.29, 1.82) is 0 Å². The van der Waals surface area contributed by atoms with E-state index < -0.39 is 5.92 Å². The molecule has 0 aromatic heterocycles. The van der Waals surface area contributed by atoms with E-state index in [9.17, 15) is 9.90 Å². The molecule has 0 radical (unpaired) electrons. The number of aliphatic hydroxyl groups excluding tert-OH is 3. The highest BCUT2D eigenvalue weighted by atomic mass is 16.5. The molecule has 5 nitrogen and oxygen atoms in total. The van der Waals surface area contributed by atoms with E-state index in [0.717, 1.165) is 0 Å². The van der Waals surface area contributed by atoms with Crippen molar-refractivity contribution in [3.05, 3.63) is 11.3 Å². The van der Waals surface area contributed by atoms with E-state index in [4.69, 9.17) is 14.9 Å². The van der Waals surface area contributed by atoms with Gasteiger partial charge in [0, 0.05) is 19.6 Å². The molecule has 0 saturated heterocycles. The number of unbranched alkanes of at least 4 members (excludes halogenated alkanes) is 1. The fourth-order valence-electron chi connectivity index (χ4n) is 1.38. The van der Waals surface area contributed by atoms with Gasteiger partial charge >= 0.3 is 5.97 Å². The lowest BCUT2D eigenvalue weighted by atomic mass is 10.00. The quantitative estimate of drug-likeness (QED) is 0.332. The molecular weight excluding hydrogens is 236 g/mol. The Morgan fingerprint density at radius 1 is 1.17 bits per heavy atom. The molecule has 1 unspecified atom stereocenters. The third-order valence-corrected chi connectivity index (χ3v) is 2.83. The maximum absolute atomic E-state index is 11.6. The van der Waals surface area contributed by atoms with E-state index in [0.29, 0.717) is 31.3 Å². The lowest BCUT2D eigenvalue weighted by molar-refractivity contribution is -0.146. The zero-order valence-corrected chi connectivity index (χ0v) is 11.2. The standard InChI is InChI=1S/C13H24O5/c1-10(12(16)6-5-8-15)11(2)13(17)18-9-4-3-7-14/h11,14-16H,3-9H2,1-2H3. The molecule has 0 aromatic carbocycles. The Morgan fingerprint density at radius 3 is 2.33 bits per heavy atom. The fraction of sp³-hybridized carbons (Fsp3) is 0.769. The molecule has 18 heavy (non-hydrogen) atoms. The molecule has 0 saturated carbocycles. The molecule has 3 N–H and O–H groups in total. The van der Waals surface area contributed by atoms with Crippen molar-refractivity contribution in [3.63, 3.8) is 0 Å². The summed E-state index contributed by atoms with van der Waals surface area (Å²) in [6.07, 6.45) is 2.08. The van der Waals surface area contributed by atoms with Crippen molar-refractivity contribution in [2.45, 2.75) is 39.5 Å². The largest absolute Gasteiger partial charge is 0.512 e. The normalized spacial score (nSPS) is 14.0. The Balaban J connectivity index is 4.18. The van der Waals surface area contributed by atoms with Crippen LogP contribution in [-0.4, -0.2) is 41.1 Å². The Kier molecular flexibility index (Phi) is 9.32. The topological polar surface area (TPSA) is 87.0 Å². The third kappa shape index (κ3) is 6.61. The van der Waals surface area contributed by atoms with Gasteiger partial charge in [-0.3, -0.25) is 4.79 Å². The number of hydrogen-bond acceptors (Lipinski definition) is 5. The van der Waals surface area contributed by atoms with Gasteiger partial charge in [0.05, 0.1) is 18.3 Å². The second kappa shape index (κ2) is 9.91. The molecule has 0 fully saturated rings. The first kappa shape index (κ1) is 16.9. The van der Waals surface area contributed by atoms with Crippen LogP contribution in [0.1, 0.15) is 39.5 Å². The lowest BCUT2D eigenvalue weighted by Crippen LogP contribution is -2.18. The minimum absolute atomic E-state index is 0.0112. The van der Waals surface area contributed by atoms with Crippen LogP contribution in [0.25, 0.3) is 0 Å². The second-order valence-corrected chi connectivity index (χ2v) is 4.28. The smallest absolute Gasteiger partial charge is 0.312 e. The van der Waals surface area contributed by atoms with Crippen LogP contribution in [0.15, 0.2) is 11.3 Å². The summed E-state index contributed by atoms with van der Waals surface area (Å²) in [6.45, 7) is 3.75. The van der Waals surface area contributed by atoms with Crippen molar-refractivity contribution in [1.82, 2.24) is 0 Å². The molecule has 0 spiro atoms. The lowest BCUT2D eigenvalue weighted by Gasteiger charge is -2.14. The van der Waals surface area contributed by atoms with Crippen LogP contribution in [0.5, 0.6) is 0 Å². The molecule has 0 aliphatic heterocycles. The van der Waals surface area contributed by atoms with Gasteiger partial charge < -0.3 is 20.1 Å². The summed E-state index contributed by atoms with van der Waals surface area (Å²) < 4.78 is 5.04. The number of hydrogen-bond donors (Lipinski definition) is 3. The van der Waals surface area contributed by atoms with Crippen molar-refractivity contribution < 1.29 is 24.9 Å². The molecule has 0 aliphatic carbocycles. The summed E-state index contributed by atoms with van der Waals surface area (Å²) in [7, 11) is 0. The molecule has 5 heteroatoms. The summed E-state index contributed by atoms with van der Waals surface area (Å²) >= 11 is 0. The van der Waals surface area contributed by atoms with Gasteiger partial charge in [0.2, 0.25) is 0 Å². The van der Waals surface area contributed by atoms with E-state index in [-0.39, 0.29) is 31.5 Å². The SMILES string of the molecule is CC(=C(O)CCCO)C(C)C(=O)OCCCCO. The first-order chi connectivity index (χ1) is 8.54. The third-order valence-electron chi connectivity index (χ3n) is 2.83. The number of ether oxygens (including phenoxy) is 1. The fourth-order valence-corrected chi connectivity index (χ4v) is 1.38. The van der Waals surface area contributed by atoms with Gasteiger partial charge in [-0.1, -0.05) is 0 Å². The molecule has 106 valence electrons. The van der Waals surface area contributed by atoms with Gasteiger partial charge in [-0.05, 0) is 38.7 Å². The van der Waals surface area contributed by atoms with Gasteiger partial charge in [0.1, 0.15) is 0 Å².